The summed E-state index contributed by atoms with van der Waals surface area (Å²) < 4.78 is 10.9. The van der Waals surface area contributed by atoms with E-state index in [0.29, 0.717) is 12.2 Å². The molecule has 0 unspecified atom stereocenters. The van der Waals surface area contributed by atoms with Crippen molar-refractivity contribution in [2.24, 2.45) is 5.92 Å². The molecule has 2 rings (SSSR count). The first-order valence-corrected chi connectivity index (χ1v) is 7.06. The van der Waals surface area contributed by atoms with Gasteiger partial charge >= 0.3 is 5.97 Å². The van der Waals surface area contributed by atoms with E-state index in [4.69, 9.17) is 9.47 Å². The van der Waals surface area contributed by atoms with E-state index in [2.05, 4.69) is 5.32 Å². The van der Waals surface area contributed by atoms with Gasteiger partial charge in [-0.3, -0.25) is 4.79 Å². The van der Waals surface area contributed by atoms with Gasteiger partial charge in [-0.2, -0.15) is 0 Å². The van der Waals surface area contributed by atoms with E-state index in [1.807, 2.05) is 30.3 Å². The van der Waals surface area contributed by atoms with E-state index in [0.717, 1.165) is 0 Å². The molecular weight excluding hydrogens is 270 g/mol. The number of carbonyl (C=O) groups excluding carboxylic acids is 2. The minimum Gasteiger partial charge on any atom is -0.493 e. The third-order valence-electron chi connectivity index (χ3n) is 3.09. The molecule has 5 heteroatoms. The zero-order valence-corrected chi connectivity index (χ0v) is 12.6. The van der Waals surface area contributed by atoms with Crippen molar-refractivity contribution in [1.82, 2.24) is 5.32 Å². The Hall–Kier alpha value is -2.04. The number of hydrogen-bond acceptors (Lipinski definition) is 4. The molecule has 21 heavy (non-hydrogen) atoms. The Morgan fingerprint density at radius 1 is 1.29 bits per heavy atom. The van der Waals surface area contributed by atoms with Crippen molar-refractivity contribution in [1.29, 1.82) is 0 Å². The molecule has 114 valence electrons. The molecule has 1 aliphatic heterocycles. The molecule has 1 fully saturated rings. The second kappa shape index (κ2) is 6.16. The third-order valence-corrected chi connectivity index (χ3v) is 3.09. The molecule has 1 aliphatic rings. The maximum absolute atomic E-state index is 11.9. The molecule has 0 bridgehead atoms. The van der Waals surface area contributed by atoms with Gasteiger partial charge in [0.15, 0.2) is 0 Å². The quantitative estimate of drug-likeness (QED) is 0.861. The Kier molecular flexibility index (Phi) is 4.50. The third kappa shape index (κ3) is 4.48. The minimum atomic E-state index is -0.582. The normalized spacial score (nSPS) is 21.8. The van der Waals surface area contributed by atoms with Gasteiger partial charge in [0.1, 0.15) is 17.4 Å². The average Bonchev–Trinajstić information content (AvgIpc) is 2.77. The van der Waals surface area contributed by atoms with Crippen molar-refractivity contribution in [2.75, 3.05) is 6.61 Å². The lowest BCUT2D eigenvalue weighted by Crippen LogP contribution is -2.38. The van der Waals surface area contributed by atoms with E-state index in [1.54, 1.807) is 20.8 Å². The van der Waals surface area contributed by atoms with Gasteiger partial charge in [0.05, 0.1) is 12.5 Å². The van der Waals surface area contributed by atoms with Gasteiger partial charge in [-0.25, -0.2) is 4.79 Å². The number of rotatable bonds is 4. The SMILES string of the molecule is CC(C)(C)OC(=O)[C@@H]1C[C@@H](COc2ccccc2)C(=O)N1. The van der Waals surface area contributed by atoms with Crippen LogP contribution in [-0.4, -0.2) is 30.1 Å². The average molecular weight is 291 g/mol. The number of benzene rings is 1. The molecule has 2 atom stereocenters. The highest BCUT2D eigenvalue weighted by atomic mass is 16.6. The number of amides is 1. The number of esters is 1. The Morgan fingerprint density at radius 3 is 2.57 bits per heavy atom. The number of para-hydroxylation sites is 1. The summed E-state index contributed by atoms with van der Waals surface area (Å²) in [6.45, 7) is 5.67. The van der Waals surface area contributed by atoms with E-state index < -0.39 is 17.6 Å². The Morgan fingerprint density at radius 2 is 1.95 bits per heavy atom. The van der Waals surface area contributed by atoms with Crippen LogP contribution in [0.1, 0.15) is 27.2 Å². The van der Waals surface area contributed by atoms with Crippen LogP contribution in [0, 0.1) is 5.92 Å². The second-order valence-corrected chi connectivity index (χ2v) is 6.15. The fourth-order valence-electron chi connectivity index (χ4n) is 2.13. The van der Waals surface area contributed by atoms with Crippen LogP contribution in [-0.2, 0) is 14.3 Å². The summed E-state index contributed by atoms with van der Waals surface area (Å²) in [5.41, 5.74) is -0.555. The zero-order valence-electron chi connectivity index (χ0n) is 12.6. The fraction of sp³-hybridized carbons (Fsp3) is 0.500. The van der Waals surface area contributed by atoms with E-state index in [1.165, 1.54) is 0 Å². The van der Waals surface area contributed by atoms with E-state index in [9.17, 15) is 9.59 Å². The highest BCUT2D eigenvalue weighted by Gasteiger charge is 2.38. The maximum Gasteiger partial charge on any atom is 0.329 e. The minimum absolute atomic E-state index is 0.165. The van der Waals surface area contributed by atoms with Crippen LogP contribution >= 0.6 is 0 Å². The highest BCUT2D eigenvalue weighted by Crippen LogP contribution is 2.20. The first kappa shape index (κ1) is 15.4. The van der Waals surface area contributed by atoms with Crippen LogP contribution < -0.4 is 10.1 Å². The smallest absolute Gasteiger partial charge is 0.329 e. The van der Waals surface area contributed by atoms with Crippen LogP contribution in [0.4, 0.5) is 0 Å². The van der Waals surface area contributed by atoms with Gasteiger partial charge in [0, 0.05) is 0 Å². The predicted octanol–water partition coefficient (Wildman–Crippen LogP) is 1.91. The fourth-order valence-corrected chi connectivity index (χ4v) is 2.13. The van der Waals surface area contributed by atoms with Crippen molar-refractivity contribution in [3.05, 3.63) is 30.3 Å². The van der Waals surface area contributed by atoms with E-state index >= 15 is 0 Å². The van der Waals surface area contributed by atoms with Crippen LogP contribution in [0.25, 0.3) is 0 Å². The summed E-state index contributed by atoms with van der Waals surface area (Å²) in [6, 6.07) is 8.71. The molecule has 1 heterocycles. The zero-order chi connectivity index (χ0) is 15.5. The molecule has 1 aromatic carbocycles. The highest BCUT2D eigenvalue weighted by molar-refractivity contribution is 5.89. The van der Waals surface area contributed by atoms with Gasteiger partial charge in [-0.1, -0.05) is 18.2 Å². The molecule has 1 saturated heterocycles. The maximum atomic E-state index is 11.9. The molecule has 0 spiro atoms. The number of nitrogens with one attached hydrogen (secondary N) is 1. The predicted molar refractivity (Wildman–Crippen MR) is 77.8 cm³/mol. The molecule has 0 aromatic heterocycles. The topological polar surface area (TPSA) is 64.6 Å². The Labute approximate surface area is 124 Å². The summed E-state index contributed by atoms with van der Waals surface area (Å²) >= 11 is 0. The molecule has 0 aliphatic carbocycles. The lowest BCUT2D eigenvalue weighted by Gasteiger charge is -2.21. The van der Waals surface area contributed by atoms with Crippen LogP contribution in [0.2, 0.25) is 0 Å². The van der Waals surface area contributed by atoms with Crippen LogP contribution in [0.15, 0.2) is 30.3 Å². The summed E-state index contributed by atoms with van der Waals surface area (Å²) in [6.07, 6.45) is 0.403. The van der Waals surface area contributed by atoms with Crippen molar-refractivity contribution in [3.8, 4) is 5.75 Å². The monoisotopic (exact) mass is 291 g/mol. The number of hydrogen-bond donors (Lipinski definition) is 1. The summed E-state index contributed by atoms with van der Waals surface area (Å²) in [5, 5.41) is 2.67. The van der Waals surface area contributed by atoms with Crippen molar-refractivity contribution < 1.29 is 19.1 Å². The Balaban J connectivity index is 1.86. The first-order valence-electron chi connectivity index (χ1n) is 7.06. The van der Waals surface area contributed by atoms with E-state index in [-0.39, 0.29) is 18.4 Å². The molecule has 0 saturated carbocycles. The molecule has 1 N–H and O–H groups in total. The number of carbonyl (C=O) groups is 2. The van der Waals surface area contributed by atoms with Gasteiger partial charge < -0.3 is 14.8 Å². The molecule has 1 aromatic rings. The largest absolute Gasteiger partial charge is 0.493 e. The summed E-state index contributed by atoms with van der Waals surface area (Å²) in [7, 11) is 0. The van der Waals surface area contributed by atoms with Crippen molar-refractivity contribution >= 4 is 11.9 Å². The molecule has 0 radical (unpaired) electrons. The first-order chi connectivity index (χ1) is 9.85. The second-order valence-electron chi connectivity index (χ2n) is 6.15. The van der Waals surface area contributed by atoms with Crippen LogP contribution in [0.5, 0.6) is 5.75 Å². The molecular formula is C16H21NO4. The van der Waals surface area contributed by atoms with Gasteiger partial charge in [0.25, 0.3) is 0 Å². The summed E-state index contributed by atoms with van der Waals surface area (Å²) in [5.74, 6) is -0.173. The Bertz CT molecular complexity index is 507. The van der Waals surface area contributed by atoms with Gasteiger partial charge in [-0.05, 0) is 39.3 Å². The van der Waals surface area contributed by atoms with Gasteiger partial charge in [0.2, 0.25) is 5.91 Å². The van der Waals surface area contributed by atoms with Crippen molar-refractivity contribution in [3.63, 3.8) is 0 Å². The van der Waals surface area contributed by atoms with Crippen molar-refractivity contribution in [2.45, 2.75) is 38.8 Å². The van der Waals surface area contributed by atoms with Crippen LogP contribution in [0.3, 0.4) is 0 Å². The molecule has 5 nitrogen and oxygen atoms in total. The molecule has 1 amide bonds. The summed E-state index contributed by atoms with van der Waals surface area (Å²) in [4.78, 5) is 23.8. The van der Waals surface area contributed by atoms with Gasteiger partial charge in [-0.15, -0.1) is 0 Å². The lowest BCUT2D eigenvalue weighted by molar-refractivity contribution is -0.157. The standard InChI is InChI=1S/C16H21NO4/c1-16(2,3)21-15(19)13-9-11(14(18)17-13)10-20-12-7-5-4-6-8-12/h4-8,11,13H,9-10H2,1-3H3,(H,17,18)/t11-,13-/m0/s1. The number of ether oxygens (including phenoxy) is 2. The lowest BCUT2D eigenvalue weighted by atomic mass is 10.1.